The lowest BCUT2D eigenvalue weighted by molar-refractivity contribution is 0.0704. The molecule has 0 saturated carbocycles. The molecule has 1 aromatic carbocycles. The van der Waals surface area contributed by atoms with E-state index < -0.39 is 11.6 Å². The van der Waals surface area contributed by atoms with E-state index in [1.165, 1.54) is 12.3 Å². The fourth-order valence-corrected chi connectivity index (χ4v) is 3.28. The number of amides is 1. The normalized spacial score (nSPS) is 15.0. The molecular weight excluding hydrogens is 390 g/mol. The van der Waals surface area contributed by atoms with Crippen LogP contribution in [0.1, 0.15) is 35.0 Å². The van der Waals surface area contributed by atoms with E-state index >= 15 is 0 Å². The number of piperidine rings is 1. The molecule has 4 rings (SSSR count). The average Bonchev–Trinajstić information content (AvgIpc) is 3.20. The Bertz CT molecular complexity index is 1000. The van der Waals surface area contributed by atoms with Gasteiger partial charge in [-0.05, 0) is 43.2 Å². The smallest absolute Gasteiger partial charge is 0.255 e. The average molecular weight is 405 g/mol. The van der Waals surface area contributed by atoms with Crippen molar-refractivity contribution in [3.63, 3.8) is 0 Å². The lowest BCUT2D eigenvalue weighted by atomic mass is 9.96. The Morgan fingerprint density at radius 2 is 1.93 bits per heavy atom. The van der Waals surface area contributed by atoms with Crippen molar-refractivity contribution in [1.29, 1.82) is 0 Å². The van der Waals surface area contributed by atoms with E-state index in [4.69, 9.17) is 16.1 Å². The van der Waals surface area contributed by atoms with E-state index in [1.807, 2.05) is 0 Å². The number of hydrogen-bond acceptors (Lipinski definition) is 5. The second kappa shape index (κ2) is 7.63. The summed E-state index contributed by atoms with van der Waals surface area (Å²) in [5.41, 5.74) is 0.831. The molecule has 28 heavy (non-hydrogen) atoms. The predicted molar refractivity (Wildman–Crippen MR) is 96.8 cm³/mol. The van der Waals surface area contributed by atoms with E-state index in [9.17, 15) is 13.6 Å². The molecule has 0 bridgehead atoms. The van der Waals surface area contributed by atoms with E-state index in [2.05, 4.69) is 15.1 Å². The van der Waals surface area contributed by atoms with Gasteiger partial charge in [-0.2, -0.15) is 4.98 Å². The molecule has 144 valence electrons. The number of carbonyl (C=O) groups excluding carboxylic acids is 1. The summed E-state index contributed by atoms with van der Waals surface area (Å²) in [6.07, 6.45) is 2.78. The van der Waals surface area contributed by atoms with E-state index in [0.29, 0.717) is 48.1 Å². The minimum Gasteiger partial charge on any atom is -0.339 e. The van der Waals surface area contributed by atoms with E-state index in [0.717, 1.165) is 12.1 Å². The third-order valence-corrected chi connectivity index (χ3v) is 4.95. The highest BCUT2D eigenvalue weighted by Crippen LogP contribution is 2.29. The maximum absolute atomic E-state index is 13.4. The summed E-state index contributed by atoms with van der Waals surface area (Å²) in [7, 11) is 0. The molecule has 3 heterocycles. The SMILES string of the molecule is O=C(c1ccc(Cl)nc1)N1CCC(c2nc(-c3ccc(F)c(F)c3)no2)CC1. The first-order chi connectivity index (χ1) is 13.5. The summed E-state index contributed by atoms with van der Waals surface area (Å²) in [5.74, 6) is -1.36. The van der Waals surface area contributed by atoms with E-state index in [-0.39, 0.29) is 17.6 Å². The molecule has 1 aliphatic heterocycles. The quantitative estimate of drug-likeness (QED) is 0.615. The van der Waals surface area contributed by atoms with Crippen LogP contribution in [0.5, 0.6) is 0 Å². The fraction of sp³-hybridized carbons (Fsp3) is 0.263. The summed E-state index contributed by atoms with van der Waals surface area (Å²) in [6, 6.07) is 6.69. The van der Waals surface area contributed by atoms with Crippen molar-refractivity contribution in [3.8, 4) is 11.4 Å². The van der Waals surface area contributed by atoms with Crippen molar-refractivity contribution < 1.29 is 18.1 Å². The highest BCUT2D eigenvalue weighted by atomic mass is 35.5. The third-order valence-electron chi connectivity index (χ3n) is 4.73. The molecule has 1 fully saturated rings. The molecule has 6 nitrogen and oxygen atoms in total. The van der Waals surface area contributed by atoms with E-state index in [1.54, 1.807) is 17.0 Å². The van der Waals surface area contributed by atoms with Gasteiger partial charge in [0.05, 0.1) is 5.56 Å². The zero-order valence-electron chi connectivity index (χ0n) is 14.6. The highest BCUT2D eigenvalue weighted by Gasteiger charge is 2.28. The molecule has 0 atom stereocenters. The van der Waals surface area contributed by atoms with Gasteiger partial charge in [0.2, 0.25) is 11.7 Å². The van der Waals surface area contributed by atoms with Crippen molar-refractivity contribution >= 4 is 17.5 Å². The van der Waals surface area contributed by atoms with Crippen LogP contribution in [0.4, 0.5) is 8.78 Å². The van der Waals surface area contributed by atoms with Crippen LogP contribution in [-0.4, -0.2) is 39.0 Å². The second-order valence-electron chi connectivity index (χ2n) is 6.52. The van der Waals surface area contributed by atoms with Crippen LogP contribution < -0.4 is 0 Å². The van der Waals surface area contributed by atoms with Crippen LogP contribution in [-0.2, 0) is 0 Å². The number of rotatable bonds is 3. The van der Waals surface area contributed by atoms with Crippen LogP contribution in [0.3, 0.4) is 0 Å². The maximum Gasteiger partial charge on any atom is 0.255 e. The minimum absolute atomic E-state index is 0.000983. The third kappa shape index (κ3) is 3.73. The van der Waals surface area contributed by atoms with Crippen LogP contribution in [0, 0.1) is 11.6 Å². The highest BCUT2D eigenvalue weighted by molar-refractivity contribution is 6.29. The summed E-state index contributed by atoms with van der Waals surface area (Å²) in [4.78, 5) is 22.5. The molecular formula is C19H15ClF2N4O2. The van der Waals surface area contributed by atoms with Gasteiger partial charge >= 0.3 is 0 Å². The maximum atomic E-state index is 13.4. The number of benzene rings is 1. The van der Waals surface area contributed by atoms with Gasteiger partial charge in [-0.3, -0.25) is 4.79 Å². The largest absolute Gasteiger partial charge is 0.339 e. The number of likely N-dealkylation sites (tertiary alicyclic amines) is 1. The Kier molecular flexibility index (Phi) is 5.04. The Balaban J connectivity index is 1.41. The van der Waals surface area contributed by atoms with Gasteiger partial charge in [-0.25, -0.2) is 13.8 Å². The van der Waals surface area contributed by atoms with Crippen molar-refractivity contribution in [2.75, 3.05) is 13.1 Å². The van der Waals surface area contributed by atoms with Crippen LogP contribution in [0.2, 0.25) is 5.15 Å². The summed E-state index contributed by atoms with van der Waals surface area (Å²) in [5, 5.41) is 4.20. The molecule has 1 aliphatic rings. The molecule has 1 saturated heterocycles. The molecule has 3 aromatic rings. The lowest BCUT2D eigenvalue weighted by Crippen LogP contribution is -2.38. The Morgan fingerprint density at radius 3 is 2.61 bits per heavy atom. The van der Waals surface area contributed by atoms with Gasteiger partial charge in [0, 0.05) is 30.8 Å². The van der Waals surface area contributed by atoms with Gasteiger partial charge < -0.3 is 9.42 Å². The predicted octanol–water partition coefficient (Wildman–Crippen LogP) is 4.08. The van der Waals surface area contributed by atoms with Gasteiger partial charge in [-0.1, -0.05) is 16.8 Å². The molecule has 0 unspecified atom stereocenters. The van der Waals surface area contributed by atoms with Gasteiger partial charge in [0.15, 0.2) is 11.6 Å². The first-order valence-electron chi connectivity index (χ1n) is 8.71. The zero-order chi connectivity index (χ0) is 19.7. The van der Waals surface area contributed by atoms with Crippen LogP contribution in [0.25, 0.3) is 11.4 Å². The van der Waals surface area contributed by atoms with Gasteiger partial charge in [0.25, 0.3) is 5.91 Å². The zero-order valence-corrected chi connectivity index (χ0v) is 15.4. The molecule has 1 amide bonds. The first kappa shape index (κ1) is 18.5. The lowest BCUT2D eigenvalue weighted by Gasteiger charge is -2.30. The molecule has 2 aromatic heterocycles. The number of aromatic nitrogens is 3. The Hall–Kier alpha value is -2.87. The standard InChI is InChI=1S/C19H15ClF2N4O2/c20-16-4-2-13(10-23-16)19(27)26-7-5-11(6-8-26)18-24-17(25-28-18)12-1-3-14(21)15(22)9-12/h1-4,9-11H,5-8H2. The topological polar surface area (TPSA) is 72.1 Å². The summed E-state index contributed by atoms with van der Waals surface area (Å²) >= 11 is 5.75. The summed E-state index contributed by atoms with van der Waals surface area (Å²) in [6.45, 7) is 1.07. The second-order valence-corrected chi connectivity index (χ2v) is 6.91. The van der Waals surface area contributed by atoms with Crippen LogP contribution >= 0.6 is 11.6 Å². The first-order valence-corrected chi connectivity index (χ1v) is 9.09. The molecule has 9 heteroatoms. The number of pyridine rings is 1. The Labute approximate surface area is 164 Å². The van der Waals surface area contributed by atoms with Gasteiger partial charge in [-0.15, -0.1) is 0 Å². The summed E-state index contributed by atoms with van der Waals surface area (Å²) < 4.78 is 31.8. The van der Waals surface area contributed by atoms with Crippen molar-refractivity contribution in [2.24, 2.45) is 0 Å². The number of nitrogens with zero attached hydrogens (tertiary/aromatic N) is 4. The van der Waals surface area contributed by atoms with Gasteiger partial charge in [0.1, 0.15) is 5.15 Å². The number of carbonyl (C=O) groups is 1. The minimum atomic E-state index is -0.965. The molecule has 0 radical (unpaired) electrons. The molecule has 0 spiro atoms. The van der Waals surface area contributed by atoms with Crippen molar-refractivity contribution in [1.82, 2.24) is 20.0 Å². The Morgan fingerprint density at radius 1 is 1.14 bits per heavy atom. The number of hydrogen-bond donors (Lipinski definition) is 0. The molecule has 0 N–H and O–H groups in total. The van der Waals surface area contributed by atoms with Crippen molar-refractivity contribution in [2.45, 2.75) is 18.8 Å². The fourth-order valence-electron chi connectivity index (χ4n) is 3.17. The van der Waals surface area contributed by atoms with Crippen molar-refractivity contribution in [3.05, 3.63) is 64.8 Å². The monoisotopic (exact) mass is 404 g/mol. The van der Waals surface area contributed by atoms with Crippen LogP contribution in [0.15, 0.2) is 41.1 Å². The number of halogens is 3. The molecule has 0 aliphatic carbocycles.